The van der Waals surface area contributed by atoms with E-state index in [1.54, 1.807) is 54.6 Å². The van der Waals surface area contributed by atoms with E-state index in [0.29, 0.717) is 22.1 Å². The van der Waals surface area contributed by atoms with E-state index < -0.39 is 22.5 Å². The first kappa shape index (κ1) is 24.1. The largest absolute Gasteiger partial charge is 0.493 e. The van der Waals surface area contributed by atoms with Gasteiger partial charge in [0.1, 0.15) is 6.54 Å². The summed E-state index contributed by atoms with van der Waals surface area (Å²) in [7, 11) is -1.03. The van der Waals surface area contributed by atoms with Gasteiger partial charge in [0.05, 0.1) is 31.0 Å². The number of carbonyl (C=O) groups excluding carboxylic acids is 1. The van der Waals surface area contributed by atoms with Crippen LogP contribution in [0.2, 0.25) is 5.02 Å². The van der Waals surface area contributed by atoms with Gasteiger partial charge in [0.25, 0.3) is 15.9 Å². The van der Waals surface area contributed by atoms with E-state index in [1.165, 1.54) is 38.6 Å². The molecule has 1 N–H and O–H groups in total. The summed E-state index contributed by atoms with van der Waals surface area (Å²) in [6, 6.07) is 19.3. The molecular weight excluding hydrogens is 466 g/mol. The van der Waals surface area contributed by atoms with Crippen molar-refractivity contribution in [3.05, 3.63) is 83.4 Å². The van der Waals surface area contributed by atoms with Crippen LogP contribution < -0.4 is 19.2 Å². The summed E-state index contributed by atoms with van der Waals surface area (Å²) in [5.74, 6) is 0.312. The summed E-state index contributed by atoms with van der Waals surface area (Å²) in [4.78, 5) is 12.7. The number of halogens is 1. The van der Waals surface area contributed by atoms with E-state index in [1.807, 2.05) is 0 Å². The SMILES string of the molecule is COc1cccc(C=NNC(=O)CN(c2cccc(Cl)c2)S(=O)(=O)c2ccccc2)c1OC. The summed E-state index contributed by atoms with van der Waals surface area (Å²) < 4.78 is 38.1. The normalized spacial score (nSPS) is 11.2. The third-order valence-electron chi connectivity index (χ3n) is 4.54. The third-order valence-corrected chi connectivity index (χ3v) is 6.56. The molecule has 0 bridgehead atoms. The van der Waals surface area contributed by atoms with Crippen LogP contribution in [-0.4, -0.2) is 41.3 Å². The van der Waals surface area contributed by atoms with Crippen LogP contribution in [0.3, 0.4) is 0 Å². The molecule has 3 aromatic carbocycles. The Labute approximate surface area is 197 Å². The summed E-state index contributed by atoms with van der Waals surface area (Å²) in [5.41, 5.74) is 3.17. The highest BCUT2D eigenvalue weighted by Gasteiger charge is 2.27. The lowest BCUT2D eigenvalue weighted by atomic mass is 10.2. The Kier molecular flexibility index (Phi) is 7.92. The molecule has 0 aliphatic heterocycles. The molecule has 0 saturated heterocycles. The minimum atomic E-state index is -4.04. The smallest absolute Gasteiger partial charge is 0.264 e. The van der Waals surface area contributed by atoms with E-state index in [2.05, 4.69) is 10.5 Å². The molecule has 0 unspecified atom stereocenters. The van der Waals surface area contributed by atoms with Crippen LogP contribution in [0.4, 0.5) is 5.69 Å². The average Bonchev–Trinajstić information content (AvgIpc) is 2.82. The van der Waals surface area contributed by atoms with Crippen molar-refractivity contribution in [3.8, 4) is 11.5 Å². The summed E-state index contributed by atoms with van der Waals surface area (Å²) in [6.45, 7) is -0.510. The van der Waals surface area contributed by atoms with Crippen LogP contribution in [0.25, 0.3) is 0 Å². The number of hydrazone groups is 1. The first-order chi connectivity index (χ1) is 15.9. The molecule has 0 radical (unpaired) electrons. The molecule has 33 heavy (non-hydrogen) atoms. The molecule has 0 saturated carbocycles. The van der Waals surface area contributed by atoms with E-state index in [-0.39, 0.29) is 10.6 Å². The fourth-order valence-electron chi connectivity index (χ4n) is 3.02. The van der Waals surface area contributed by atoms with E-state index in [4.69, 9.17) is 21.1 Å². The molecule has 0 heterocycles. The highest BCUT2D eigenvalue weighted by molar-refractivity contribution is 7.92. The maximum absolute atomic E-state index is 13.3. The van der Waals surface area contributed by atoms with E-state index >= 15 is 0 Å². The molecule has 0 fully saturated rings. The Morgan fingerprint density at radius 1 is 1.03 bits per heavy atom. The average molecular weight is 488 g/mol. The summed E-state index contributed by atoms with van der Waals surface area (Å²) in [5, 5.41) is 4.27. The van der Waals surface area contributed by atoms with Crippen molar-refractivity contribution in [2.45, 2.75) is 4.90 Å². The molecule has 3 rings (SSSR count). The molecule has 10 heteroatoms. The van der Waals surface area contributed by atoms with Crippen LogP contribution in [0.15, 0.2) is 82.8 Å². The van der Waals surface area contributed by atoms with Crippen LogP contribution in [0, 0.1) is 0 Å². The highest BCUT2D eigenvalue weighted by atomic mass is 35.5. The van der Waals surface area contributed by atoms with Crippen molar-refractivity contribution in [1.29, 1.82) is 0 Å². The Morgan fingerprint density at radius 2 is 1.76 bits per heavy atom. The van der Waals surface area contributed by atoms with Gasteiger partial charge in [-0.25, -0.2) is 13.8 Å². The number of anilines is 1. The third kappa shape index (κ3) is 5.82. The zero-order chi connectivity index (χ0) is 23.8. The topological polar surface area (TPSA) is 97.3 Å². The van der Waals surface area contributed by atoms with Crippen LogP contribution >= 0.6 is 11.6 Å². The molecular formula is C23H22ClN3O5S. The molecule has 172 valence electrons. The number of hydrogen-bond acceptors (Lipinski definition) is 6. The first-order valence-corrected chi connectivity index (χ1v) is 11.5. The minimum absolute atomic E-state index is 0.0439. The van der Waals surface area contributed by atoms with E-state index in [9.17, 15) is 13.2 Å². The molecule has 0 aromatic heterocycles. The summed E-state index contributed by atoms with van der Waals surface area (Å²) >= 11 is 6.06. The van der Waals surface area contributed by atoms with Crippen molar-refractivity contribution in [2.75, 3.05) is 25.1 Å². The number of para-hydroxylation sites is 1. The van der Waals surface area contributed by atoms with Gasteiger partial charge in [-0.1, -0.05) is 41.9 Å². The maximum Gasteiger partial charge on any atom is 0.264 e. The predicted octanol–water partition coefficient (Wildman–Crippen LogP) is 3.70. The zero-order valence-electron chi connectivity index (χ0n) is 17.9. The van der Waals surface area contributed by atoms with Crippen LogP contribution in [-0.2, 0) is 14.8 Å². The second-order valence-corrected chi connectivity index (χ2v) is 8.98. The van der Waals surface area contributed by atoms with Crippen LogP contribution in [0.5, 0.6) is 11.5 Å². The fourth-order valence-corrected chi connectivity index (χ4v) is 4.64. The fraction of sp³-hybridized carbons (Fsp3) is 0.130. The Morgan fingerprint density at radius 3 is 2.42 bits per heavy atom. The molecule has 8 nitrogen and oxygen atoms in total. The summed E-state index contributed by atoms with van der Waals surface area (Å²) in [6.07, 6.45) is 1.38. The van der Waals surface area contributed by atoms with E-state index in [0.717, 1.165) is 4.31 Å². The highest BCUT2D eigenvalue weighted by Crippen LogP contribution is 2.29. The second kappa shape index (κ2) is 10.8. The van der Waals surface area contributed by atoms with Gasteiger partial charge < -0.3 is 9.47 Å². The number of hydrogen-bond donors (Lipinski definition) is 1. The standard InChI is InChI=1S/C23H22ClN3O5S/c1-31-21-13-6-8-17(23(21)32-2)15-25-26-22(28)16-27(19-10-7-9-18(24)14-19)33(29,30)20-11-4-3-5-12-20/h3-15H,16H2,1-2H3,(H,26,28). The van der Waals surface area contributed by atoms with Gasteiger partial charge >= 0.3 is 0 Å². The number of benzene rings is 3. The number of ether oxygens (including phenoxy) is 2. The Balaban J connectivity index is 1.84. The molecule has 0 spiro atoms. The van der Waals surface area contributed by atoms with Crippen molar-refractivity contribution in [3.63, 3.8) is 0 Å². The maximum atomic E-state index is 13.3. The van der Waals surface area contributed by atoms with Gasteiger partial charge in [0, 0.05) is 10.6 Å². The van der Waals surface area contributed by atoms with Crippen molar-refractivity contribution >= 4 is 39.4 Å². The van der Waals surface area contributed by atoms with Gasteiger partial charge in [0.15, 0.2) is 11.5 Å². The lowest BCUT2D eigenvalue weighted by Gasteiger charge is -2.23. The van der Waals surface area contributed by atoms with Gasteiger partial charge in [-0.15, -0.1) is 0 Å². The number of nitrogens with zero attached hydrogens (tertiary/aromatic N) is 2. The lowest BCUT2D eigenvalue weighted by Crippen LogP contribution is -2.39. The number of sulfonamides is 1. The molecule has 1 amide bonds. The predicted molar refractivity (Wildman–Crippen MR) is 128 cm³/mol. The zero-order valence-corrected chi connectivity index (χ0v) is 19.5. The number of rotatable bonds is 9. The van der Waals surface area contributed by atoms with Gasteiger partial charge in [-0.05, 0) is 42.5 Å². The Bertz CT molecular complexity index is 1250. The molecule has 3 aromatic rings. The van der Waals surface area contributed by atoms with Gasteiger partial charge in [-0.2, -0.15) is 5.10 Å². The quantitative estimate of drug-likeness (QED) is 0.366. The van der Waals surface area contributed by atoms with Crippen LogP contribution in [0.1, 0.15) is 5.56 Å². The molecule has 0 aliphatic rings. The van der Waals surface area contributed by atoms with Gasteiger partial charge in [0.2, 0.25) is 0 Å². The molecule has 0 atom stereocenters. The number of nitrogens with one attached hydrogen (secondary N) is 1. The van der Waals surface area contributed by atoms with Crippen molar-refractivity contribution in [2.24, 2.45) is 5.10 Å². The second-order valence-electron chi connectivity index (χ2n) is 6.68. The van der Waals surface area contributed by atoms with Gasteiger partial charge in [-0.3, -0.25) is 9.10 Å². The number of carbonyl (C=O) groups is 1. The number of methoxy groups -OCH3 is 2. The molecule has 0 aliphatic carbocycles. The first-order valence-electron chi connectivity index (χ1n) is 9.73. The van der Waals surface area contributed by atoms with Crippen molar-refractivity contribution < 1.29 is 22.7 Å². The monoisotopic (exact) mass is 487 g/mol. The lowest BCUT2D eigenvalue weighted by molar-refractivity contribution is -0.119. The Hall–Kier alpha value is -3.56. The minimum Gasteiger partial charge on any atom is -0.493 e. The number of amides is 1. The van der Waals surface area contributed by atoms with Crippen molar-refractivity contribution in [1.82, 2.24) is 5.43 Å².